The van der Waals surface area contributed by atoms with Crippen molar-refractivity contribution in [1.82, 2.24) is 4.98 Å². The second-order valence-electron chi connectivity index (χ2n) is 6.31. The molecule has 0 saturated carbocycles. The number of aryl methyl sites for hydroxylation is 1. The van der Waals surface area contributed by atoms with Crippen molar-refractivity contribution < 1.29 is 33.3 Å². The minimum Gasteiger partial charge on any atom is -0.503 e. The summed E-state index contributed by atoms with van der Waals surface area (Å²) in [7, 11) is 3.01. The van der Waals surface area contributed by atoms with E-state index in [0.717, 1.165) is 12.0 Å². The van der Waals surface area contributed by atoms with Gasteiger partial charge in [-0.05, 0) is 26.0 Å². The lowest BCUT2D eigenvalue weighted by atomic mass is 10.2. The third-order valence-electron chi connectivity index (χ3n) is 3.70. The van der Waals surface area contributed by atoms with E-state index in [9.17, 15) is 19.1 Å². The lowest BCUT2D eigenvalue weighted by Gasteiger charge is -2.11. The third-order valence-corrected chi connectivity index (χ3v) is 3.70. The first kappa shape index (κ1) is 27.8. The molecule has 172 valence electrons. The number of nitrogens with zero attached hydrogens (tertiary/aromatic N) is 1. The highest BCUT2D eigenvalue weighted by Gasteiger charge is 2.12. The molecule has 0 spiro atoms. The number of esters is 1. The van der Waals surface area contributed by atoms with Crippen molar-refractivity contribution in [2.45, 2.75) is 39.7 Å². The fraction of sp³-hybridized carbons (Fsp3) is 0.409. The lowest BCUT2D eigenvalue weighted by molar-refractivity contribution is -0.148. The van der Waals surface area contributed by atoms with Crippen LogP contribution in [0.5, 0.6) is 11.5 Å². The molecule has 0 bridgehead atoms. The number of methoxy groups -OCH3 is 2. The van der Waals surface area contributed by atoms with Gasteiger partial charge < -0.3 is 25.1 Å². The Morgan fingerprint density at radius 2 is 1.81 bits per heavy atom. The summed E-state index contributed by atoms with van der Waals surface area (Å²) in [5.41, 5.74) is 5.82. The number of benzene rings is 1. The molecule has 31 heavy (non-hydrogen) atoms. The van der Waals surface area contributed by atoms with E-state index in [0.29, 0.717) is 13.0 Å². The van der Waals surface area contributed by atoms with Crippen molar-refractivity contribution in [2.75, 3.05) is 20.8 Å². The molecule has 1 aromatic carbocycles. The van der Waals surface area contributed by atoms with Crippen molar-refractivity contribution in [3.63, 3.8) is 0 Å². The number of rotatable bonds is 7. The average molecular weight is 438 g/mol. The van der Waals surface area contributed by atoms with Gasteiger partial charge in [-0.1, -0.05) is 24.6 Å². The molecule has 1 amide bonds. The number of carbonyl (C=O) groups is 2. The highest BCUT2D eigenvalue weighted by molar-refractivity contribution is 5.94. The molecule has 1 unspecified atom stereocenters. The first-order chi connectivity index (χ1) is 14.7. The normalized spacial score (nSPS) is 10.5. The number of aromatic hydroxyl groups is 1. The van der Waals surface area contributed by atoms with Crippen LogP contribution in [0.2, 0.25) is 0 Å². The second kappa shape index (κ2) is 15.6. The van der Waals surface area contributed by atoms with Crippen LogP contribution >= 0.6 is 0 Å². The van der Waals surface area contributed by atoms with Gasteiger partial charge in [0.25, 0.3) is 5.91 Å². The molecule has 0 radical (unpaired) electrons. The Morgan fingerprint density at radius 1 is 1.19 bits per heavy atom. The summed E-state index contributed by atoms with van der Waals surface area (Å²) < 4.78 is 26.6. The second-order valence-corrected chi connectivity index (χ2v) is 6.31. The first-order valence-electron chi connectivity index (χ1n) is 9.58. The molecule has 9 heteroatoms. The number of halogens is 1. The number of primary amides is 1. The van der Waals surface area contributed by atoms with Crippen LogP contribution in [0.15, 0.2) is 36.5 Å². The summed E-state index contributed by atoms with van der Waals surface area (Å²) in [6.45, 7) is 6.22. The maximum absolute atomic E-state index is 12.1. The molecule has 0 fully saturated rings. The van der Waals surface area contributed by atoms with Gasteiger partial charge in [-0.2, -0.15) is 0 Å². The van der Waals surface area contributed by atoms with E-state index in [4.69, 9.17) is 19.9 Å². The Bertz CT molecular complexity index is 778. The molecule has 0 saturated heterocycles. The first-order valence-corrected chi connectivity index (χ1v) is 9.58. The summed E-state index contributed by atoms with van der Waals surface area (Å²) in [5, 5.41) is 9.27. The van der Waals surface area contributed by atoms with Gasteiger partial charge in [-0.3, -0.25) is 9.59 Å². The molecule has 1 atom stereocenters. The van der Waals surface area contributed by atoms with E-state index in [1.807, 2.05) is 13.8 Å². The largest absolute Gasteiger partial charge is 0.503 e. The molecule has 2 rings (SSSR count). The number of hydrogen-bond donors (Lipinski definition) is 2. The van der Waals surface area contributed by atoms with Gasteiger partial charge >= 0.3 is 5.97 Å². The monoisotopic (exact) mass is 438 g/mol. The molecule has 3 N–H and O–H groups in total. The Hall–Kier alpha value is -3.20. The zero-order valence-electron chi connectivity index (χ0n) is 18.6. The van der Waals surface area contributed by atoms with Crippen molar-refractivity contribution >= 4 is 11.9 Å². The zero-order valence-corrected chi connectivity index (χ0v) is 18.6. The molecule has 8 nitrogen and oxygen atoms in total. The molecule has 0 aliphatic carbocycles. The fourth-order valence-electron chi connectivity index (χ4n) is 1.96. The summed E-state index contributed by atoms with van der Waals surface area (Å²) >= 11 is 0. The van der Waals surface area contributed by atoms with Crippen molar-refractivity contribution in [3.8, 4) is 11.5 Å². The minimum atomic E-state index is -0.786. The minimum absolute atomic E-state index is 0.0256. The standard InChI is InChI=1S/C8H16O3.C7H7F.C7H8N2O3/c1-4-8(9)11-7(2)5-6-10-3;1-6-2-4-7(8)5-3-6;1-12-4-2-3-9-5(6(4)10)7(8)11/h7H,4-6H2,1-3H3;2-5H,1H3;2-3,10H,1H3,(H2,8,11). The summed E-state index contributed by atoms with van der Waals surface area (Å²) in [6, 6.07) is 7.83. The van der Waals surface area contributed by atoms with Crippen LogP contribution in [-0.2, 0) is 14.3 Å². The molecule has 1 aromatic heterocycles. The van der Waals surface area contributed by atoms with Crippen LogP contribution in [0.25, 0.3) is 0 Å². The van der Waals surface area contributed by atoms with Gasteiger partial charge in [-0.15, -0.1) is 0 Å². The van der Waals surface area contributed by atoms with Gasteiger partial charge in [0.15, 0.2) is 17.2 Å². The topological polar surface area (TPSA) is 121 Å². The van der Waals surface area contributed by atoms with E-state index in [1.54, 1.807) is 26.2 Å². The van der Waals surface area contributed by atoms with Crippen LogP contribution in [0.4, 0.5) is 4.39 Å². The zero-order chi connectivity index (χ0) is 23.8. The van der Waals surface area contributed by atoms with E-state index in [1.165, 1.54) is 31.5 Å². The highest BCUT2D eigenvalue weighted by atomic mass is 19.1. The predicted molar refractivity (Wildman–Crippen MR) is 114 cm³/mol. The SMILES string of the molecule is CCC(=O)OC(C)CCOC.COc1ccnc(C(N)=O)c1O.Cc1ccc(F)cc1. The number of pyridine rings is 1. The third kappa shape index (κ3) is 12.2. The van der Waals surface area contributed by atoms with E-state index < -0.39 is 5.91 Å². The summed E-state index contributed by atoms with van der Waals surface area (Å²) in [4.78, 5) is 24.9. The predicted octanol–water partition coefficient (Wildman–Crippen LogP) is 3.39. The lowest BCUT2D eigenvalue weighted by Crippen LogP contribution is -2.15. The van der Waals surface area contributed by atoms with Crippen LogP contribution < -0.4 is 10.5 Å². The van der Waals surface area contributed by atoms with Gasteiger partial charge in [-0.25, -0.2) is 9.37 Å². The average Bonchev–Trinajstić information content (AvgIpc) is 2.75. The number of aromatic nitrogens is 1. The van der Waals surface area contributed by atoms with Gasteiger partial charge in [0.05, 0.1) is 7.11 Å². The molecular formula is C22H31FN2O6. The quantitative estimate of drug-likeness (QED) is 0.636. The maximum Gasteiger partial charge on any atom is 0.305 e. The number of amides is 1. The van der Waals surface area contributed by atoms with Crippen molar-refractivity contribution in [3.05, 3.63) is 53.6 Å². The Balaban J connectivity index is 0.000000444. The number of nitrogens with two attached hydrogens (primary N) is 1. The Morgan fingerprint density at radius 3 is 2.26 bits per heavy atom. The van der Waals surface area contributed by atoms with Gasteiger partial charge in [0, 0.05) is 38.8 Å². The van der Waals surface area contributed by atoms with Gasteiger partial charge in [0.1, 0.15) is 11.9 Å². The fourth-order valence-corrected chi connectivity index (χ4v) is 1.96. The number of hydrogen-bond acceptors (Lipinski definition) is 7. The molecule has 2 aromatic rings. The summed E-state index contributed by atoms with van der Waals surface area (Å²) in [6.07, 6.45) is 2.51. The van der Waals surface area contributed by atoms with Crippen LogP contribution in [0, 0.1) is 12.7 Å². The molecule has 0 aliphatic heterocycles. The smallest absolute Gasteiger partial charge is 0.305 e. The van der Waals surface area contributed by atoms with Crippen molar-refractivity contribution in [1.29, 1.82) is 0 Å². The molecule has 0 aliphatic rings. The van der Waals surface area contributed by atoms with Crippen LogP contribution in [0.1, 0.15) is 42.7 Å². The number of carbonyl (C=O) groups excluding carboxylic acids is 2. The maximum atomic E-state index is 12.1. The van der Waals surface area contributed by atoms with E-state index in [-0.39, 0.29) is 35.1 Å². The molecular weight excluding hydrogens is 407 g/mol. The number of ether oxygens (including phenoxy) is 3. The van der Waals surface area contributed by atoms with Crippen LogP contribution in [-0.4, -0.2) is 48.9 Å². The molecule has 1 heterocycles. The van der Waals surface area contributed by atoms with Gasteiger partial charge in [0.2, 0.25) is 0 Å². The van der Waals surface area contributed by atoms with E-state index in [2.05, 4.69) is 4.98 Å². The van der Waals surface area contributed by atoms with Crippen molar-refractivity contribution in [2.24, 2.45) is 5.73 Å². The summed E-state index contributed by atoms with van der Waals surface area (Å²) in [5.74, 6) is -1.25. The highest BCUT2D eigenvalue weighted by Crippen LogP contribution is 2.26. The Labute approximate surface area is 182 Å². The van der Waals surface area contributed by atoms with E-state index >= 15 is 0 Å². The Kier molecular flexibility index (Phi) is 14.0. The van der Waals surface area contributed by atoms with Crippen LogP contribution in [0.3, 0.4) is 0 Å².